The second kappa shape index (κ2) is 22.1. The maximum Gasteiger partial charge on any atom is 2.00 e. The molecule has 0 aromatic rings. The summed E-state index contributed by atoms with van der Waals surface area (Å²) in [6.07, 6.45) is 5.89. The van der Waals surface area contributed by atoms with E-state index in [9.17, 15) is 19.5 Å². The average Bonchev–Trinajstić information content (AvgIpc) is 3.07. The average molecular weight is 622 g/mol. The molecular weight excluding hydrogens is 565 g/mol. The van der Waals surface area contributed by atoms with Gasteiger partial charge in [-0.2, -0.15) is 0 Å². The Hall–Kier alpha value is -0.584. The molecule has 2 saturated heterocycles. The first-order valence-corrected chi connectivity index (χ1v) is 12.3. The van der Waals surface area contributed by atoms with E-state index in [2.05, 4.69) is 0 Å². The van der Waals surface area contributed by atoms with E-state index in [1.165, 1.54) is 0 Å². The van der Waals surface area contributed by atoms with Gasteiger partial charge in [-0.3, -0.25) is 0 Å². The summed E-state index contributed by atoms with van der Waals surface area (Å²) in [7, 11) is 0. The third-order valence-corrected chi connectivity index (χ3v) is 5.59. The summed E-state index contributed by atoms with van der Waals surface area (Å²) in [5, 5.41) is 9.66. The summed E-state index contributed by atoms with van der Waals surface area (Å²) < 4.78 is 10.7. The van der Waals surface area contributed by atoms with Crippen molar-refractivity contribution in [1.29, 1.82) is 0 Å². The third kappa shape index (κ3) is 20.3. The minimum absolute atomic E-state index is 0. The number of likely N-dealkylation sites (tertiary alicyclic amines) is 2. The first kappa shape index (κ1) is 47.2. The molecule has 0 saturated carbocycles. The number of hydrogen-bond donors (Lipinski definition) is 1. The molecule has 2 amide bonds. The van der Waals surface area contributed by atoms with Crippen LogP contribution in [0.25, 0.3) is 0 Å². The van der Waals surface area contributed by atoms with Crippen LogP contribution in [0.3, 0.4) is 0 Å². The van der Waals surface area contributed by atoms with Gasteiger partial charge in [0, 0.05) is 38.0 Å². The van der Waals surface area contributed by atoms with E-state index < -0.39 is 11.2 Å². The Morgan fingerprint density at radius 2 is 1.24 bits per heavy atom. The molecule has 224 valence electrons. The molecule has 38 heavy (non-hydrogen) atoms. The quantitative estimate of drug-likeness (QED) is 0.290. The van der Waals surface area contributed by atoms with Crippen LogP contribution in [0.2, 0.25) is 0 Å². The smallest absolute Gasteiger partial charge is 1.00 e. The maximum absolute atomic E-state index is 12.0. The van der Waals surface area contributed by atoms with Crippen molar-refractivity contribution in [1.82, 2.24) is 9.80 Å². The molecule has 0 aliphatic carbocycles. The van der Waals surface area contributed by atoms with E-state index in [1.807, 2.05) is 41.5 Å². The van der Waals surface area contributed by atoms with Crippen LogP contribution in [0, 0.1) is 19.3 Å². The molecule has 0 spiro atoms. The number of nitrogens with zero attached hydrogens (tertiary/aromatic N) is 2. The number of amides is 2. The maximum atomic E-state index is 12.0. The van der Waals surface area contributed by atoms with Crippen LogP contribution >= 0.6 is 0 Å². The van der Waals surface area contributed by atoms with Crippen LogP contribution in [-0.2, 0) is 14.3 Å². The number of hydrogen-bond acceptors (Lipinski definition) is 6. The molecule has 0 aromatic carbocycles. The molecule has 2 heterocycles. The largest absolute Gasteiger partial charge is 2.00 e. The molecule has 8 nitrogen and oxygen atoms in total. The SMILES string of the molecule is C.C.CC(C)(C)OC(=O)N1CCCCC(C=O)C1.CC(O)C1CCCCN(C(=O)OC(C)(C)C)C1.[Br-].[CH3-].[Mg+2]. The van der Waals surface area contributed by atoms with Gasteiger partial charge in [0.2, 0.25) is 0 Å². The Kier molecular flexibility index (Phi) is 27.5. The van der Waals surface area contributed by atoms with Crippen molar-refractivity contribution in [3.63, 3.8) is 0 Å². The summed E-state index contributed by atoms with van der Waals surface area (Å²) >= 11 is 0. The van der Waals surface area contributed by atoms with Gasteiger partial charge in [-0.05, 0) is 74.1 Å². The fraction of sp³-hybridized carbons (Fsp3) is 0.857. The second-order valence-electron chi connectivity index (χ2n) is 11.2. The molecule has 2 rings (SSSR count). The zero-order valence-electron chi connectivity index (χ0n) is 23.8. The molecule has 10 heteroatoms. The predicted molar refractivity (Wildman–Crippen MR) is 154 cm³/mol. The van der Waals surface area contributed by atoms with Crippen LogP contribution < -0.4 is 17.0 Å². The summed E-state index contributed by atoms with van der Waals surface area (Å²) in [6.45, 7) is 15.5. The summed E-state index contributed by atoms with van der Waals surface area (Å²) in [5.41, 5.74) is -0.927. The summed E-state index contributed by atoms with van der Waals surface area (Å²) in [4.78, 5) is 37.9. The molecule has 0 radical (unpaired) electrons. The predicted octanol–water partition coefficient (Wildman–Crippen LogP) is 2.97. The first-order valence-electron chi connectivity index (χ1n) is 12.3. The van der Waals surface area contributed by atoms with Gasteiger partial charge >= 0.3 is 35.2 Å². The number of aldehydes is 1. The number of aliphatic hydroxyl groups is 1. The number of halogens is 1. The van der Waals surface area contributed by atoms with Gasteiger partial charge in [-0.1, -0.05) is 27.7 Å². The van der Waals surface area contributed by atoms with Gasteiger partial charge in [0.25, 0.3) is 0 Å². The Bertz CT molecular complexity index is 638. The molecule has 2 aliphatic heterocycles. The molecular formula is C28H57BrMgN2O6. The number of carbonyl (C=O) groups is 3. The standard InChI is InChI=1S/C13H25NO3.C12H21NO3.2CH4.CH3.BrH.Mg/c1-10(15)11-7-5-6-8-14(9-11)12(16)17-13(2,3)4;1-12(2,3)16-11(15)13-7-5-4-6-10(8-13)9-14;;;;;/h10-11,15H,5-9H2,1-4H3;9-10H,4-8H2,1-3H3;2*1H4;1H3;1H;/q;;;;-1;;+2/p-1. The molecule has 1 N–H and O–H groups in total. The number of rotatable bonds is 2. The van der Waals surface area contributed by atoms with Crippen molar-refractivity contribution in [2.75, 3.05) is 26.2 Å². The zero-order valence-corrected chi connectivity index (χ0v) is 26.8. The van der Waals surface area contributed by atoms with Crippen LogP contribution in [0.1, 0.15) is 102 Å². The van der Waals surface area contributed by atoms with Crippen molar-refractivity contribution in [3.8, 4) is 0 Å². The topological polar surface area (TPSA) is 96.4 Å². The Balaban J connectivity index is -0.000000169. The minimum atomic E-state index is -0.472. The van der Waals surface area contributed by atoms with E-state index in [0.717, 1.165) is 51.4 Å². The molecule has 3 unspecified atom stereocenters. The molecule has 0 bridgehead atoms. The van der Waals surface area contributed by atoms with Crippen LogP contribution in [-0.4, -0.2) is 99.9 Å². The van der Waals surface area contributed by atoms with Gasteiger partial charge in [-0.25, -0.2) is 9.59 Å². The summed E-state index contributed by atoms with van der Waals surface area (Å²) in [6, 6.07) is 0. The van der Waals surface area contributed by atoms with E-state index in [4.69, 9.17) is 9.47 Å². The van der Waals surface area contributed by atoms with Crippen LogP contribution in [0.5, 0.6) is 0 Å². The van der Waals surface area contributed by atoms with Gasteiger partial charge in [0.15, 0.2) is 0 Å². The van der Waals surface area contributed by atoms with E-state index in [-0.39, 0.29) is 92.4 Å². The Morgan fingerprint density at radius 1 is 0.842 bits per heavy atom. The monoisotopic (exact) mass is 620 g/mol. The number of aliphatic hydroxyl groups excluding tert-OH is 1. The Morgan fingerprint density at radius 3 is 1.61 bits per heavy atom. The van der Waals surface area contributed by atoms with Crippen molar-refractivity contribution in [2.24, 2.45) is 11.8 Å². The second-order valence-corrected chi connectivity index (χ2v) is 11.2. The van der Waals surface area contributed by atoms with Gasteiger partial charge < -0.3 is 53.6 Å². The van der Waals surface area contributed by atoms with Crippen LogP contribution in [0.15, 0.2) is 0 Å². The van der Waals surface area contributed by atoms with Gasteiger partial charge in [0.1, 0.15) is 17.5 Å². The molecule has 0 aromatic heterocycles. The van der Waals surface area contributed by atoms with Crippen molar-refractivity contribution in [3.05, 3.63) is 7.43 Å². The van der Waals surface area contributed by atoms with Crippen LogP contribution in [0.4, 0.5) is 9.59 Å². The minimum Gasteiger partial charge on any atom is -1.00 e. The normalized spacial score (nSPS) is 20.2. The zero-order chi connectivity index (χ0) is 25.2. The molecule has 2 aliphatic rings. The Labute approximate surface area is 260 Å². The van der Waals surface area contributed by atoms with E-state index in [1.54, 1.807) is 16.7 Å². The van der Waals surface area contributed by atoms with Gasteiger partial charge in [-0.15, -0.1) is 0 Å². The fourth-order valence-corrected chi connectivity index (χ4v) is 3.84. The van der Waals surface area contributed by atoms with E-state index >= 15 is 0 Å². The number of carbonyl (C=O) groups excluding carboxylic acids is 3. The molecule has 3 atom stereocenters. The number of ether oxygens (including phenoxy) is 2. The van der Waals surface area contributed by atoms with E-state index in [0.29, 0.717) is 19.6 Å². The van der Waals surface area contributed by atoms with Crippen molar-refractivity contribution >= 4 is 41.5 Å². The fourth-order valence-electron chi connectivity index (χ4n) is 3.84. The van der Waals surface area contributed by atoms with Crippen molar-refractivity contribution < 1.29 is 45.9 Å². The first-order chi connectivity index (χ1) is 15.2. The van der Waals surface area contributed by atoms with Crippen molar-refractivity contribution in [2.45, 2.75) is 119 Å². The molecule has 2 fully saturated rings. The summed E-state index contributed by atoms with van der Waals surface area (Å²) in [5.74, 6) is 0.139. The third-order valence-electron chi connectivity index (χ3n) is 5.59. The van der Waals surface area contributed by atoms with Gasteiger partial charge in [0.05, 0.1) is 6.10 Å².